The van der Waals surface area contributed by atoms with Crippen LogP contribution in [0.3, 0.4) is 0 Å². The molecule has 0 spiro atoms. The molecule has 0 atom stereocenters. The number of nitrogens with zero attached hydrogens (tertiary/aromatic N) is 4. The lowest BCUT2D eigenvalue weighted by atomic mass is 9.89. The maximum Gasteiger partial charge on any atom is 0.233 e. The van der Waals surface area contributed by atoms with Crippen LogP contribution in [-0.2, 0) is 11.3 Å². The minimum atomic E-state index is 0.181. The van der Waals surface area contributed by atoms with Crippen LogP contribution in [0.15, 0.2) is 59.9 Å². The third-order valence-electron chi connectivity index (χ3n) is 6.65. The van der Waals surface area contributed by atoms with Crippen molar-refractivity contribution in [1.29, 1.82) is 0 Å². The smallest absolute Gasteiger partial charge is 0.233 e. The van der Waals surface area contributed by atoms with E-state index in [0.717, 1.165) is 49.0 Å². The molecule has 3 heterocycles. The number of amides is 1. The second kappa shape index (κ2) is 9.43. The third-order valence-corrected chi connectivity index (χ3v) is 7.60. The zero-order valence-electron chi connectivity index (χ0n) is 19.1. The Morgan fingerprint density at radius 3 is 2.64 bits per heavy atom. The summed E-state index contributed by atoms with van der Waals surface area (Å²) in [7, 11) is 0. The number of likely N-dealkylation sites (tertiary alicyclic amines) is 1. The molecule has 6 nitrogen and oxygen atoms in total. The molecule has 33 heavy (non-hydrogen) atoms. The Balaban J connectivity index is 1.21. The number of nitrogens with one attached hydrogen (secondary N) is 1. The molecule has 1 saturated heterocycles. The fourth-order valence-corrected chi connectivity index (χ4v) is 5.70. The van der Waals surface area contributed by atoms with Crippen LogP contribution in [0.4, 0.5) is 0 Å². The van der Waals surface area contributed by atoms with Gasteiger partial charge in [-0.2, -0.15) is 0 Å². The van der Waals surface area contributed by atoms with E-state index in [4.69, 9.17) is 0 Å². The zero-order chi connectivity index (χ0) is 22.8. The van der Waals surface area contributed by atoms with E-state index >= 15 is 0 Å². The number of hydrogen-bond donors (Lipinski definition) is 1. The number of carbonyl (C=O) groups excluding carboxylic acids is 1. The van der Waals surface area contributed by atoms with Gasteiger partial charge in [0.15, 0.2) is 11.0 Å². The van der Waals surface area contributed by atoms with Gasteiger partial charge in [0.05, 0.1) is 5.75 Å². The SMILES string of the molecule is CCn1c(SCC(=O)N2CCC(c3c[nH]c4ccccc34)CC2)nnc1-c1ccccc1C. The summed E-state index contributed by atoms with van der Waals surface area (Å²) < 4.78 is 2.10. The first-order valence-electron chi connectivity index (χ1n) is 11.6. The quantitative estimate of drug-likeness (QED) is 0.400. The van der Waals surface area contributed by atoms with Crippen molar-refractivity contribution >= 4 is 28.6 Å². The molecule has 2 aromatic heterocycles. The lowest BCUT2D eigenvalue weighted by Gasteiger charge is -2.32. The number of benzene rings is 2. The first-order chi connectivity index (χ1) is 16.2. The van der Waals surface area contributed by atoms with Gasteiger partial charge in [0.2, 0.25) is 5.91 Å². The van der Waals surface area contributed by atoms with Gasteiger partial charge in [-0.15, -0.1) is 10.2 Å². The fourth-order valence-electron chi connectivity index (χ4n) is 4.79. The Bertz CT molecular complexity index is 1270. The van der Waals surface area contributed by atoms with Crippen LogP contribution in [0.2, 0.25) is 0 Å². The summed E-state index contributed by atoms with van der Waals surface area (Å²) in [5.74, 6) is 1.94. The van der Waals surface area contributed by atoms with Gasteiger partial charge in [0.25, 0.3) is 0 Å². The van der Waals surface area contributed by atoms with E-state index in [2.05, 4.69) is 76.2 Å². The monoisotopic (exact) mass is 459 g/mol. The molecule has 0 bridgehead atoms. The van der Waals surface area contributed by atoms with Crippen LogP contribution in [0.5, 0.6) is 0 Å². The highest BCUT2D eigenvalue weighted by Gasteiger charge is 2.26. The van der Waals surface area contributed by atoms with E-state index in [1.807, 2.05) is 17.0 Å². The normalized spacial score (nSPS) is 14.8. The van der Waals surface area contributed by atoms with Crippen LogP contribution in [0, 0.1) is 6.92 Å². The van der Waals surface area contributed by atoms with Gasteiger partial charge < -0.3 is 14.5 Å². The van der Waals surface area contributed by atoms with Gasteiger partial charge >= 0.3 is 0 Å². The number of fused-ring (bicyclic) bond motifs is 1. The Morgan fingerprint density at radius 1 is 1.09 bits per heavy atom. The minimum absolute atomic E-state index is 0.181. The molecule has 5 rings (SSSR count). The van der Waals surface area contributed by atoms with E-state index in [9.17, 15) is 4.79 Å². The third kappa shape index (κ3) is 4.29. The number of thioether (sulfide) groups is 1. The Hall–Kier alpha value is -3.06. The van der Waals surface area contributed by atoms with Gasteiger partial charge in [-0.05, 0) is 49.8 Å². The minimum Gasteiger partial charge on any atom is -0.361 e. The first kappa shape index (κ1) is 21.8. The molecule has 0 saturated carbocycles. The lowest BCUT2D eigenvalue weighted by molar-refractivity contribution is -0.129. The van der Waals surface area contributed by atoms with Crippen molar-refractivity contribution in [3.05, 3.63) is 65.9 Å². The van der Waals surface area contributed by atoms with Crippen molar-refractivity contribution in [3.8, 4) is 11.4 Å². The Labute approximate surface area is 198 Å². The van der Waals surface area contributed by atoms with Gasteiger partial charge in [0.1, 0.15) is 0 Å². The standard InChI is InChI=1S/C26H29N5OS/c1-3-31-25(20-9-5-4-8-18(20)2)28-29-26(31)33-17-24(32)30-14-12-19(13-15-30)22-16-27-23-11-7-6-10-21(22)23/h4-11,16,19,27H,3,12-15,17H2,1-2H3. The molecule has 2 aromatic carbocycles. The molecule has 4 aromatic rings. The topological polar surface area (TPSA) is 66.8 Å². The Morgan fingerprint density at radius 2 is 1.85 bits per heavy atom. The summed E-state index contributed by atoms with van der Waals surface area (Å²) in [5.41, 5.74) is 4.83. The summed E-state index contributed by atoms with van der Waals surface area (Å²) in [5, 5.41) is 10.9. The van der Waals surface area contributed by atoms with E-state index in [0.29, 0.717) is 11.7 Å². The van der Waals surface area contributed by atoms with Crippen LogP contribution < -0.4 is 0 Å². The average Bonchev–Trinajstić information content (AvgIpc) is 3.47. The molecule has 0 aliphatic carbocycles. The van der Waals surface area contributed by atoms with E-state index in [1.165, 1.54) is 33.8 Å². The number of carbonyl (C=O) groups is 1. The number of H-pyrrole nitrogens is 1. The highest BCUT2D eigenvalue weighted by molar-refractivity contribution is 7.99. The van der Waals surface area contributed by atoms with Gasteiger partial charge in [-0.1, -0.05) is 54.2 Å². The number of hydrogen-bond acceptors (Lipinski definition) is 4. The highest BCUT2D eigenvalue weighted by Crippen LogP contribution is 2.33. The predicted molar refractivity (Wildman–Crippen MR) is 133 cm³/mol. The summed E-state index contributed by atoms with van der Waals surface area (Å²) in [6, 6.07) is 16.7. The van der Waals surface area contributed by atoms with E-state index in [1.54, 1.807) is 0 Å². The summed E-state index contributed by atoms with van der Waals surface area (Å²) in [6.45, 7) is 6.55. The average molecular weight is 460 g/mol. The zero-order valence-corrected chi connectivity index (χ0v) is 19.9. The van der Waals surface area contributed by atoms with E-state index < -0.39 is 0 Å². The summed E-state index contributed by atoms with van der Waals surface area (Å²) in [6.07, 6.45) is 4.15. The molecule has 1 fully saturated rings. The molecular weight excluding hydrogens is 430 g/mol. The first-order valence-corrected chi connectivity index (χ1v) is 12.6. The highest BCUT2D eigenvalue weighted by atomic mass is 32.2. The maximum atomic E-state index is 12.9. The van der Waals surface area contributed by atoms with Crippen LogP contribution in [0.1, 0.15) is 36.8 Å². The molecule has 0 unspecified atom stereocenters. The van der Waals surface area contributed by atoms with E-state index in [-0.39, 0.29) is 5.91 Å². The van der Waals surface area contributed by atoms with Crippen molar-refractivity contribution in [2.24, 2.45) is 0 Å². The number of para-hydroxylation sites is 1. The van der Waals surface area contributed by atoms with Crippen molar-refractivity contribution in [1.82, 2.24) is 24.6 Å². The van der Waals surface area contributed by atoms with Crippen molar-refractivity contribution in [3.63, 3.8) is 0 Å². The van der Waals surface area contributed by atoms with Crippen molar-refractivity contribution < 1.29 is 4.79 Å². The molecule has 1 N–H and O–H groups in total. The largest absolute Gasteiger partial charge is 0.361 e. The van der Waals surface area contributed by atoms with Gasteiger partial charge in [-0.25, -0.2) is 0 Å². The second-order valence-electron chi connectivity index (χ2n) is 8.60. The lowest BCUT2D eigenvalue weighted by Crippen LogP contribution is -2.39. The number of aromatic nitrogens is 4. The maximum absolute atomic E-state index is 12.9. The van der Waals surface area contributed by atoms with Crippen LogP contribution >= 0.6 is 11.8 Å². The Kier molecular flexibility index (Phi) is 6.22. The number of aryl methyl sites for hydroxylation is 1. The predicted octanol–water partition coefficient (Wildman–Crippen LogP) is 5.25. The molecule has 170 valence electrons. The molecule has 1 amide bonds. The van der Waals surface area contributed by atoms with Crippen molar-refractivity contribution in [2.45, 2.75) is 44.3 Å². The summed E-state index contributed by atoms with van der Waals surface area (Å²) >= 11 is 1.49. The van der Waals surface area contributed by atoms with Crippen molar-refractivity contribution in [2.75, 3.05) is 18.8 Å². The van der Waals surface area contributed by atoms with Gasteiger partial charge in [0, 0.05) is 42.3 Å². The van der Waals surface area contributed by atoms with Crippen LogP contribution in [0.25, 0.3) is 22.3 Å². The second-order valence-corrected chi connectivity index (χ2v) is 9.54. The number of piperidine rings is 1. The number of aromatic amines is 1. The molecule has 1 aliphatic heterocycles. The molecule has 7 heteroatoms. The van der Waals surface area contributed by atoms with Gasteiger partial charge in [-0.3, -0.25) is 4.79 Å². The fraction of sp³-hybridized carbons (Fsp3) is 0.346. The number of rotatable bonds is 6. The molecular formula is C26H29N5OS. The molecule has 1 aliphatic rings. The van der Waals surface area contributed by atoms with Crippen LogP contribution in [-0.4, -0.2) is 49.4 Å². The summed E-state index contributed by atoms with van der Waals surface area (Å²) in [4.78, 5) is 18.3. The molecule has 0 radical (unpaired) electrons.